The van der Waals surface area contributed by atoms with E-state index in [-0.39, 0.29) is 22.5 Å². The number of unbranched alkanes of at least 4 members (excludes halogenated alkanes) is 2. The molecule has 0 aliphatic heterocycles. The fourth-order valence-electron chi connectivity index (χ4n) is 5.96. The summed E-state index contributed by atoms with van der Waals surface area (Å²) < 4.78 is 0. The molecule has 3 heterocycles. The summed E-state index contributed by atoms with van der Waals surface area (Å²) in [7, 11) is 0. The molecule has 2 N–H and O–H groups in total. The van der Waals surface area contributed by atoms with Crippen molar-refractivity contribution in [3.05, 3.63) is 125 Å². The van der Waals surface area contributed by atoms with Crippen LogP contribution in [0.2, 0.25) is 0 Å². The molecule has 0 unspecified atom stereocenters. The molecule has 0 atom stereocenters. The summed E-state index contributed by atoms with van der Waals surface area (Å²) in [4.78, 5) is 36.9. The number of benzene rings is 3. The van der Waals surface area contributed by atoms with Crippen molar-refractivity contribution in [2.24, 2.45) is 0 Å². The normalized spacial score (nSPS) is 11.0. The van der Waals surface area contributed by atoms with Gasteiger partial charge in [-0.2, -0.15) is 0 Å². The van der Waals surface area contributed by atoms with Crippen molar-refractivity contribution in [1.82, 2.24) is 15.0 Å². The molecule has 238 valence electrons. The molecule has 6 aromatic rings. The van der Waals surface area contributed by atoms with E-state index in [4.69, 9.17) is 0 Å². The minimum Gasteiger partial charge on any atom is -0.478 e. The smallest absolute Gasteiger partial charge is 0.335 e. The minimum atomic E-state index is -1.15. The highest BCUT2D eigenvalue weighted by atomic mass is 16.4. The number of nitrogens with zero attached hydrogens (tertiary/aromatic N) is 3. The average molecular weight is 634 g/mol. The van der Waals surface area contributed by atoms with Gasteiger partial charge in [-0.05, 0) is 113 Å². The molecule has 0 saturated carbocycles. The molecule has 0 aliphatic carbocycles. The predicted octanol–water partition coefficient (Wildman–Crippen LogP) is 8.99. The maximum atomic E-state index is 12.1. The number of pyridine rings is 3. The van der Waals surface area contributed by atoms with Crippen molar-refractivity contribution in [1.29, 1.82) is 0 Å². The Morgan fingerprint density at radius 3 is 1.92 bits per heavy atom. The van der Waals surface area contributed by atoms with Gasteiger partial charge >= 0.3 is 11.9 Å². The van der Waals surface area contributed by atoms with E-state index in [0.717, 1.165) is 44.1 Å². The highest BCUT2D eigenvalue weighted by Gasteiger charge is 2.16. The van der Waals surface area contributed by atoms with Gasteiger partial charge in [-0.3, -0.25) is 9.97 Å². The summed E-state index contributed by atoms with van der Waals surface area (Å²) in [5, 5.41) is 24.3. The van der Waals surface area contributed by atoms with E-state index >= 15 is 0 Å². The number of aromatic nitrogens is 3. The Morgan fingerprint density at radius 2 is 1.25 bits per heavy atom. The zero-order valence-corrected chi connectivity index (χ0v) is 27.0. The van der Waals surface area contributed by atoms with E-state index in [9.17, 15) is 19.8 Å². The molecule has 3 aromatic carbocycles. The Balaban J connectivity index is 1.45. The van der Waals surface area contributed by atoms with Crippen LogP contribution in [0.25, 0.3) is 44.3 Å². The maximum Gasteiger partial charge on any atom is 0.335 e. The van der Waals surface area contributed by atoms with Gasteiger partial charge in [0.15, 0.2) is 0 Å². The fourth-order valence-corrected chi connectivity index (χ4v) is 5.96. The molecule has 7 nitrogen and oxygen atoms in total. The van der Waals surface area contributed by atoms with E-state index in [1.165, 1.54) is 63.1 Å². The minimum absolute atomic E-state index is 0.0142. The third-order valence-corrected chi connectivity index (χ3v) is 8.49. The number of carboxylic acid groups (broad SMARTS) is 2. The number of hydrogen-bond donors (Lipinski definition) is 2. The number of hydrogen-bond acceptors (Lipinski definition) is 5. The molecule has 0 bridgehead atoms. The van der Waals surface area contributed by atoms with Crippen LogP contribution in [0.1, 0.15) is 82.5 Å². The number of rotatable bonds is 10. The summed E-state index contributed by atoms with van der Waals surface area (Å²) in [6.07, 6.45) is 9.23. The van der Waals surface area contributed by atoms with Crippen LogP contribution < -0.4 is 0 Å². The van der Waals surface area contributed by atoms with Crippen LogP contribution in [0.15, 0.2) is 91.3 Å². The number of aryl methyl sites for hydroxylation is 2. The van der Waals surface area contributed by atoms with Gasteiger partial charge < -0.3 is 10.2 Å². The van der Waals surface area contributed by atoms with E-state index in [1.807, 2.05) is 6.07 Å². The van der Waals surface area contributed by atoms with Crippen molar-refractivity contribution >= 4 is 33.5 Å². The lowest BCUT2D eigenvalue weighted by Gasteiger charge is -2.15. The summed E-state index contributed by atoms with van der Waals surface area (Å²) in [6.45, 7) is 4.41. The van der Waals surface area contributed by atoms with Crippen LogP contribution in [-0.4, -0.2) is 37.1 Å². The van der Waals surface area contributed by atoms with E-state index in [2.05, 4.69) is 83.1 Å². The van der Waals surface area contributed by atoms with Gasteiger partial charge in [0.2, 0.25) is 0 Å². The first-order valence-electron chi connectivity index (χ1n) is 16.3. The van der Waals surface area contributed by atoms with Crippen LogP contribution in [0.4, 0.5) is 0 Å². The van der Waals surface area contributed by atoms with E-state index in [1.54, 1.807) is 12.3 Å². The number of fused-ring (bicyclic) bond motifs is 2. The van der Waals surface area contributed by atoms with Gasteiger partial charge in [0, 0.05) is 23.5 Å². The van der Waals surface area contributed by atoms with Crippen molar-refractivity contribution in [3.8, 4) is 34.6 Å². The SMILES string of the molecule is CCCCc1cc(C#Cc2ccnc(-c3cc(C(=O)O)cc(-c4cc(C(=O)O)ccn4)n3)c2)c(CCCC)c2cc3ccccc3cc12. The summed E-state index contributed by atoms with van der Waals surface area (Å²) in [5.41, 5.74) is 5.56. The van der Waals surface area contributed by atoms with Crippen LogP contribution in [0.3, 0.4) is 0 Å². The van der Waals surface area contributed by atoms with E-state index < -0.39 is 11.9 Å². The van der Waals surface area contributed by atoms with Crippen LogP contribution >= 0.6 is 0 Å². The molecule has 0 fully saturated rings. The maximum absolute atomic E-state index is 12.1. The standard InChI is InChI=1S/C41H35N3O4/c1-3-5-9-29-20-30(33(12-6-4-2)35-22-28-11-8-7-10-27(28)21-34(29)35)14-13-26-15-17-42-36(19-26)38-24-32(41(47)48)25-39(44-38)37-23-31(40(45)46)16-18-43-37/h7-8,10-11,15-25H,3-6,9,12H2,1-2H3,(H,45,46)(H,47,48). The molecule has 3 aromatic heterocycles. The third-order valence-electron chi connectivity index (χ3n) is 8.49. The first-order chi connectivity index (χ1) is 23.3. The highest BCUT2D eigenvalue weighted by molar-refractivity contribution is 6.02. The van der Waals surface area contributed by atoms with Crippen molar-refractivity contribution in [2.45, 2.75) is 52.4 Å². The van der Waals surface area contributed by atoms with Crippen molar-refractivity contribution in [2.75, 3.05) is 0 Å². The average Bonchev–Trinajstić information content (AvgIpc) is 3.11. The molecule has 0 radical (unpaired) electrons. The van der Waals surface area contributed by atoms with Crippen molar-refractivity contribution in [3.63, 3.8) is 0 Å². The first-order valence-corrected chi connectivity index (χ1v) is 16.3. The van der Waals surface area contributed by atoms with Gasteiger partial charge in [-0.25, -0.2) is 14.6 Å². The van der Waals surface area contributed by atoms with Gasteiger partial charge in [-0.1, -0.05) is 62.8 Å². The first kappa shape index (κ1) is 32.1. The zero-order chi connectivity index (χ0) is 33.6. The Kier molecular flexibility index (Phi) is 9.54. The second-order valence-electron chi connectivity index (χ2n) is 11.9. The van der Waals surface area contributed by atoms with Crippen LogP contribution in [-0.2, 0) is 12.8 Å². The van der Waals surface area contributed by atoms with E-state index in [0.29, 0.717) is 17.0 Å². The number of carboxylic acids is 2. The van der Waals surface area contributed by atoms with Gasteiger partial charge in [0.25, 0.3) is 0 Å². The lowest BCUT2D eigenvalue weighted by Crippen LogP contribution is -2.02. The van der Waals surface area contributed by atoms with Crippen molar-refractivity contribution < 1.29 is 19.8 Å². The Hall–Kier alpha value is -5.87. The second-order valence-corrected chi connectivity index (χ2v) is 11.9. The Morgan fingerprint density at radius 1 is 0.646 bits per heavy atom. The molecule has 0 amide bonds. The number of aromatic carboxylic acids is 2. The summed E-state index contributed by atoms with van der Waals surface area (Å²) in [6, 6.07) is 24.6. The van der Waals surface area contributed by atoms with Crippen LogP contribution in [0.5, 0.6) is 0 Å². The Labute approximate surface area is 279 Å². The summed E-state index contributed by atoms with van der Waals surface area (Å²) >= 11 is 0. The number of carbonyl (C=O) groups is 2. The van der Waals surface area contributed by atoms with Gasteiger partial charge in [0.05, 0.1) is 33.9 Å². The lowest BCUT2D eigenvalue weighted by atomic mass is 9.88. The Bertz CT molecular complexity index is 2250. The molecular formula is C41H35N3O4. The molecule has 0 spiro atoms. The van der Waals surface area contributed by atoms with Gasteiger partial charge in [-0.15, -0.1) is 0 Å². The van der Waals surface area contributed by atoms with Gasteiger partial charge in [0.1, 0.15) is 0 Å². The molecule has 7 heteroatoms. The summed E-state index contributed by atoms with van der Waals surface area (Å²) in [5.74, 6) is 4.60. The molecule has 6 rings (SSSR count). The topological polar surface area (TPSA) is 113 Å². The zero-order valence-electron chi connectivity index (χ0n) is 27.0. The monoisotopic (exact) mass is 633 g/mol. The quantitative estimate of drug-likeness (QED) is 0.114. The predicted molar refractivity (Wildman–Crippen MR) is 189 cm³/mol. The highest BCUT2D eigenvalue weighted by Crippen LogP contribution is 2.33. The fraction of sp³-hybridized carbons (Fsp3) is 0.195. The third kappa shape index (κ3) is 6.93. The largest absolute Gasteiger partial charge is 0.478 e. The molecule has 48 heavy (non-hydrogen) atoms. The molecule has 0 aliphatic rings. The van der Waals surface area contributed by atoms with Crippen LogP contribution in [0, 0.1) is 11.8 Å². The molecule has 0 saturated heterocycles. The lowest BCUT2D eigenvalue weighted by molar-refractivity contribution is 0.0686. The second kappa shape index (κ2) is 14.3. The molecular weight excluding hydrogens is 598 g/mol.